The van der Waals surface area contributed by atoms with Crippen molar-refractivity contribution in [3.05, 3.63) is 83.4 Å². The Morgan fingerprint density at radius 2 is 1.61 bits per heavy atom. The molecule has 0 spiro atoms. The lowest BCUT2D eigenvalue weighted by Crippen LogP contribution is -2.24. The van der Waals surface area contributed by atoms with E-state index in [0.29, 0.717) is 40.9 Å². The lowest BCUT2D eigenvalue weighted by Gasteiger charge is -2.11. The number of methoxy groups -OCH3 is 1. The van der Waals surface area contributed by atoms with Crippen LogP contribution in [0.4, 0.5) is 0 Å². The number of hydrazone groups is 1. The molecule has 36 heavy (non-hydrogen) atoms. The maximum absolute atomic E-state index is 12.5. The van der Waals surface area contributed by atoms with Crippen molar-refractivity contribution in [1.29, 1.82) is 0 Å². The van der Waals surface area contributed by atoms with Gasteiger partial charge in [0.05, 0.1) is 25.5 Å². The van der Waals surface area contributed by atoms with Crippen molar-refractivity contribution < 1.29 is 28.5 Å². The molecule has 0 aromatic heterocycles. The fourth-order valence-corrected chi connectivity index (χ4v) is 3.15. The van der Waals surface area contributed by atoms with Crippen molar-refractivity contribution in [2.45, 2.75) is 26.7 Å². The van der Waals surface area contributed by atoms with Gasteiger partial charge >= 0.3 is 5.97 Å². The van der Waals surface area contributed by atoms with Gasteiger partial charge in [0.25, 0.3) is 5.91 Å². The third-order valence-electron chi connectivity index (χ3n) is 5.12. The van der Waals surface area contributed by atoms with E-state index in [0.717, 1.165) is 0 Å². The number of esters is 1. The number of carbonyl (C=O) groups excluding carboxylic acids is 2. The first-order valence-corrected chi connectivity index (χ1v) is 11.6. The Bertz CT molecular complexity index is 1190. The van der Waals surface area contributed by atoms with Crippen molar-refractivity contribution in [2.24, 2.45) is 5.10 Å². The van der Waals surface area contributed by atoms with E-state index in [9.17, 15) is 9.59 Å². The molecule has 1 amide bonds. The fourth-order valence-electron chi connectivity index (χ4n) is 3.15. The Balaban J connectivity index is 1.56. The van der Waals surface area contributed by atoms with E-state index in [2.05, 4.69) is 24.4 Å². The van der Waals surface area contributed by atoms with Crippen molar-refractivity contribution in [1.82, 2.24) is 5.43 Å². The number of carbonyl (C=O) groups is 2. The SMILES string of the molecule is CCOc1cc(/C=N\NC(=O)COc2ccc(C(C)C)cc2)ccc1OC(=O)c1ccc(OC)cc1. The fraction of sp³-hybridized carbons (Fsp3) is 0.250. The largest absolute Gasteiger partial charge is 0.497 e. The Hall–Kier alpha value is -4.33. The van der Waals surface area contributed by atoms with Crippen LogP contribution in [-0.2, 0) is 4.79 Å². The summed E-state index contributed by atoms with van der Waals surface area (Å²) in [6.45, 7) is 6.26. The lowest BCUT2D eigenvalue weighted by atomic mass is 10.0. The first kappa shape index (κ1) is 26.3. The van der Waals surface area contributed by atoms with E-state index in [4.69, 9.17) is 18.9 Å². The summed E-state index contributed by atoms with van der Waals surface area (Å²) in [7, 11) is 1.55. The number of ether oxygens (including phenoxy) is 4. The standard InChI is InChI=1S/C28H30N2O6/c1-5-34-26-16-20(6-15-25(26)36-28(32)22-9-11-23(33-4)12-10-22)17-29-30-27(31)18-35-24-13-7-21(8-14-24)19(2)3/h6-17,19H,5,18H2,1-4H3,(H,30,31)/b29-17-. The molecule has 3 aromatic rings. The topological polar surface area (TPSA) is 95.5 Å². The van der Waals surface area contributed by atoms with Gasteiger partial charge in [-0.3, -0.25) is 4.79 Å². The molecule has 0 heterocycles. The van der Waals surface area contributed by atoms with Crippen LogP contribution in [0.5, 0.6) is 23.0 Å². The first-order valence-electron chi connectivity index (χ1n) is 11.6. The summed E-state index contributed by atoms with van der Waals surface area (Å²) in [5.41, 5.74) is 4.65. The molecule has 0 aliphatic heterocycles. The molecular formula is C28H30N2O6. The maximum Gasteiger partial charge on any atom is 0.343 e. The molecule has 0 unspecified atom stereocenters. The molecule has 3 rings (SSSR count). The summed E-state index contributed by atoms with van der Waals surface area (Å²) in [6.07, 6.45) is 1.47. The second-order valence-electron chi connectivity index (χ2n) is 8.06. The molecule has 0 radical (unpaired) electrons. The molecule has 3 aromatic carbocycles. The molecule has 0 aliphatic rings. The molecule has 0 bridgehead atoms. The number of hydrogen-bond acceptors (Lipinski definition) is 7. The number of nitrogens with zero attached hydrogens (tertiary/aromatic N) is 1. The van der Waals surface area contributed by atoms with Crippen LogP contribution in [0.1, 0.15) is 48.2 Å². The first-order chi connectivity index (χ1) is 17.4. The zero-order valence-electron chi connectivity index (χ0n) is 20.8. The molecule has 0 saturated heterocycles. The lowest BCUT2D eigenvalue weighted by molar-refractivity contribution is -0.123. The molecule has 8 heteroatoms. The highest BCUT2D eigenvalue weighted by Gasteiger charge is 2.13. The number of nitrogens with one attached hydrogen (secondary N) is 1. The molecule has 0 saturated carbocycles. The van der Waals surface area contributed by atoms with Gasteiger partial charge in [-0.25, -0.2) is 10.2 Å². The summed E-state index contributed by atoms with van der Waals surface area (Å²) in [5.74, 6) is 1.41. The molecule has 8 nitrogen and oxygen atoms in total. The van der Waals surface area contributed by atoms with Crippen LogP contribution in [0.25, 0.3) is 0 Å². The van der Waals surface area contributed by atoms with Crippen LogP contribution in [-0.4, -0.2) is 38.4 Å². The quantitative estimate of drug-likeness (QED) is 0.177. The number of amides is 1. The number of benzene rings is 3. The maximum atomic E-state index is 12.5. The van der Waals surface area contributed by atoms with Crippen LogP contribution < -0.4 is 24.4 Å². The second-order valence-corrected chi connectivity index (χ2v) is 8.06. The van der Waals surface area contributed by atoms with Crippen molar-refractivity contribution in [2.75, 3.05) is 20.3 Å². The minimum atomic E-state index is -0.522. The third kappa shape index (κ3) is 7.59. The Morgan fingerprint density at radius 3 is 2.25 bits per heavy atom. The van der Waals surface area contributed by atoms with Crippen LogP contribution in [0.15, 0.2) is 71.8 Å². The van der Waals surface area contributed by atoms with E-state index in [1.807, 2.05) is 31.2 Å². The van der Waals surface area contributed by atoms with Crippen LogP contribution in [0, 0.1) is 0 Å². The van der Waals surface area contributed by atoms with E-state index < -0.39 is 11.9 Å². The van der Waals surface area contributed by atoms with Gasteiger partial charge in [-0.05, 0) is 78.6 Å². The van der Waals surface area contributed by atoms with Gasteiger partial charge in [0.1, 0.15) is 11.5 Å². The van der Waals surface area contributed by atoms with Gasteiger partial charge in [0.15, 0.2) is 18.1 Å². The summed E-state index contributed by atoms with van der Waals surface area (Å²) in [4.78, 5) is 24.6. The van der Waals surface area contributed by atoms with Gasteiger partial charge in [-0.15, -0.1) is 0 Å². The summed E-state index contributed by atoms with van der Waals surface area (Å²) < 4.78 is 21.7. The van der Waals surface area contributed by atoms with Gasteiger partial charge < -0.3 is 18.9 Å². The third-order valence-corrected chi connectivity index (χ3v) is 5.12. The minimum absolute atomic E-state index is 0.164. The zero-order chi connectivity index (χ0) is 25.9. The van der Waals surface area contributed by atoms with Gasteiger partial charge in [0, 0.05) is 0 Å². The minimum Gasteiger partial charge on any atom is -0.497 e. The second kappa shape index (κ2) is 12.9. The highest BCUT2D eigenvalue weighted by atomic mass is 16.6. The molecular weight excluding hydrogens is 460 g/mol. The highest BCUT2D eigenvalue weighted by molar-refractivity contribution is 5.92. The van der Waals surface area contributed by atoms with Crippen molar-refractivity contribution in [3.8, 4) is 23.0 Å². The summed E-state index contributed by atoms with van der Waals surface area (Å²) in [5, 5.41) is 3.97. The van der Waals surface area contributed by atoms with Gasteiger partial charge in [-0.2, -0.15) is 5.10 Å². The highest BCUT2D eigenvalue weighted by Crippen LogP contribution is 2.29. The predicted octanol–water partition coefficient (Wildman–Crippen LogP) is 4.97. The predicted molar refractivity (Wildman–Crippen MR) is 137 cm³/mol. The van der Waals surface area contributed by atoms with E-state index in [1.165, 1.54) is 11.8 Å². The molecule has 0 atom stereocenters. The van der Waals surface area contributed by atoms with Gasteiger partial charge in [-0.1, -0.05) is 26.0 Å². The molecule has 1 N–H and O–H groups in total. The smallest absolute Gasteiger partial charge is 0.343 e. The Morgan fingerprint density at radius 1 is 0.917 bits per heavy atom. The molecule has 188 valence electrons. The van der Waals surface area contributed by atoms with E-state index in [1.54, 1.807) is 49.6 Å². The number of rotatable bonds is 11. The van der Waals surface area contributed by atoms with Crippen LogP contribution in [0.2, 0.25) is 0 Å². The van der Waals surface area contributed by atoms with Crippen molar-refractivity contribution in [3.63, 3.8) is 0 Å². The molecule has 0 aliphatic carbocycles. The average Bonchev–Trinajstić information content (AvgIpc) is 2.89. The molecule has 0 fully saturated rings. The Kier molecular flexibility index (Phi) is 9.45. The zero-order valence-corrected chi connectivity index (χ0v) is 20.8. The monoisotopic (exact) mass is 490 g/mol. The average molecular weight is 491 g/mol. The van der Waals surface area contributed by atoms with Crippen LogP contribution in [0.3, 0.4) is 0 Å². The number of hydrogen-bond donors (Lipinski definition) is 1. The Labute approximate surface area is 210 Å². The van der Waals surface area contributed by atoms with Crippen LogP contribution >= 0.6 is 0 Å². The van der Waals surface area contributed by atoms with Gasteiger partial charge in [0.2, 0.25) is 0 Å². The van der Waals surface area contributed by atoms with Crippen molar-refractivity contribution >= 4 is 18.1 Å². The normalized spacial score (nSPS) is 10.8. The van der Waals surface area contributed by atoms with E-state index in [-0.39, 0.29) is 12.4 Å². The van der Waals surface area contributed by atoms with E-state index >= 15 is 0 Å². The summed E-state index contributed by atoms with van der Waals surface area (Å²) in [6, 6.07) is 19.2. The summed E-state index contributed by atoms with van der Waals surface area (Å²) >= 11 is 0.